The van der Waals surface area contributed by atoms with Gasteiger partial charge in [-0.05, 0) is 81.3 Å². The summed E-state index contributed by atoms with van der Waals surface area (Å²) in [4.78, 5) is 19.0. The quantitative estimate of drug-likeness (QED) is 0.411. The van der Waals surface area contributed by atoms with E-state index in [-0.39, 0.29) is 12.6 Å². The van der Waals surface area contributed by atoms with Crippen LogP contribution in [0.1, 0.15) is 35.2 Å². The van der Waals surface area contributed by atoms with Crippen LogP contribution in [0.4, 0.5) is 5.69 Å². The van der Waals surface area contributed by atoms with Gasteiger partial charge in [0.25, 0.3) is 0 Å². The number of pyridine rings is 1. The first-order chi connectivity index (χ1) is 15.8. The number of fused-ring (bicyclic) bond motifs is 1. The molecule has 0 aliphatic carbocycles. The van der Waals surface area contributed by atoms with Crippen molar-refractivity contribution in [2.24, 2.45) is 5.92 Å². The molecule has 0 bridgehead atoms. The van der Waals surface area contributed by atoms with Crippen LogP contribution in [0.15, 0.2) is 28.9 Å². The molecular formula is C26H32BrN3O3. The van der Waals surface area contributed by atoms with Crippen LogP contribution in [-0.2, 0) is 14.3 Å². The first-order valence-electron chi connectivity index (χ1n) is 11.4. The predicted molar refractivity (Wildman–Crippen MR) is 135 cm³/mol. The molecule has 0 saturated carbocycles. The fourth-order valence-electron chi connectivity index (χ4n) is 4.93. The number of methoxy groups -OCH3 is 1. The summed E-state index contributed by atoms with van der Waals surface area (Å²) < 4.78 is 13.5. The number of hydrogen-bond acceptors (Lipinski definition) is 5. The molecular weight excluding hydrogens is 482 g/mol. The molecule has 1 aliphatic rings. The van der Waals surface area contributed by atoms with Crippen molar-refractivity contribution < 1.29 is 14.3 Å². The lowest BCUT2D eigenvalue weighted by molar-refractivity contribution is -0.149. The summed E-state index contributed by atoms with van der Waals surface area (Å²) in [6.45, 7) is 10.9. The number of rotatable bonds is 6. The molecule has 6 nitrogen and oxygen atoms in total. The van der Waals surface area contributed by atoms with Crippen molar-refractivity contribution in [1.29, 1.82) is 0 Å². The smallest absolute Gasteiger partial charge is 0.332 e. The Bertz CT molecular complexity index is 1160. The number of halogens is 1. The first kappa shape index (κ1) is 23.8. The highest BCUT2D eigenvalue weighted by Gasteiger charge is 2.24. The van der Waals surface area contributed by atoms with Crippen molar-refractivity contribution >= 4 is 38.6 Å². The number of aromatic nitrogens is 2. The van der Waals surface area contributed by atoms with E-state index in [4.69, 9.17) is 14.5 Å². The highest BCUT2D eigenvalue weighted by molar-refractivity contribution is 9.10. The molecule has 176 valence electrons. The largest absolute Gasteiger partial charge is 0.464 e. The molecule has 33 heavy (non-hydrogen) atoms. The van der Waals surface area contributed by atoms with Crippen molar-refractivity contribution in [2.45, 2.75) is 40.5 Å². The van der Waals surface area contributed by atoms with Gasteiger partial charge in [-0.2, -0.15) is 0 Å². The van der Waals surface area contributed by atoms with Gasteiger partial charge in [0.2, 0.25) is 0 Å². The summed E-state index contributed by atoms with van der Waals surface area (Å²) in [6.07, 6.45) is 4.20. The molecule has 3 heterocycles. The average Bonchev–Trinajstić information content (AvgIpc) is 3.07. The third kappa shape index (κ3) is 4.94. The molecule has 0 spiro atoms. The van der Waals surface area contributed by atoms with Crippen LogP contribution in [0, 0.1) is 33.6 Å². The molecule has 0 radical (unpaired) electrons. The molecule has 1 aromatic carbocycles. The van der Waals surface area contributed by atoms with E-state index in [9.17, 15) is 4.79 Å². The number of benzene rings is 1. The number of aryl methyl sites for hydroxylation is 4. The fourth-order valence-corrected chi connectivity index (χ4v) is 5.61. The number of ether oxygens (including phenoxy) is 2. The number of anilines is 1. The minimum atomic E-state index is -0.290. The van der Waals surface area contributed by atoms with Gasteiger partial charge >= 0.3 is 5.97 Å². The van der Waals surface area contributed by atoms with E-state index in [0.717, 1.165) is 41.7 Å². The number of nitrogens with zero attached hydrogens (tertiary/aromatic N) is 3. The maximum Gasteiger partial charge on any atom is 0.332 e. The second kappa shape index (κ2) is 9.85. The molecule has 1 fully saturated rings. The van der Waals surface area contributed by atoms with Crippen LogP contribution in [0.3, 0.4) is 0 Å². The standard InChI is InChI=1S/C26H32BrN3O3/c1-16-10-21(27)11-17(2)25(16)30-13-18(3)24-22(12-19(4)28-26(24)30)29-8-6-20(7-9-29)14-33-23(31)15-32-5/h10-13,20H,6-9,14-15H2,1-5H3. The molecule has 0 atom stereocenters. The topological polar surface area (TPSA) is 56.6 Å². The van der Waals surface area contributed by atoms with E-state index in [1.165, 1.54) is 40.6 Å². The van der Waals surface area contributed by atoms with Crippen molar-refractivity contribution in [3.8, 4) is 5.69 Å². The number of piperidine rings is 1. The summed E-state index contributed by atoms with van der Waals surface area (Å²) in [5.74, 6) is 0.0983. The average molecular weight is 514 g/mol. The van der Waals surface area contributed by atoms with E-state index < -0.39 is 0 Å². The van der Waals surface area contributed by atoms with E-state index in [0.29, 0.717) is 12.5 Å². The Morgan fingerprint density at radius 2 is 1.76 bits per heavy atom. The Hall–Kier alpha value is -2.38. The molecule has 7 heteroatoms. The van der Waals surface area contributed by atoms with Gasteiger partial charge in [0.15, 0.2) is 0 Å². The van der Waals surface area contributed by atoms with Gasteiger partial charge in [0.1, 0.15) is 12.3 Å². The second-order valence-corrected chi connectivity index (χ2v) is 10.0. The molecule has 1 saturated heterocycles. The van der Waals surface area contributed by atoms with E-state index >= 15 is 0 Å². The van der Waals surface area contributed by atoms with Gasteiger partial charge in [-0.3, -0.25) is 0 Å². The zero-order valence-corrected chi connectivity index (χ0v) is 21.7. The van der Waals surface area contributed by atoms with Gasteiger partial charge in [-0.1, -0.05) is 15.9 Å². The number of carbonyl (C=O) groups is 1. The van der Waals surface area contributed by atoms with Crippen LogP contribution in [-0.4, -0.2) is 48.9 Å². The number of hydrogen-bond donors (Lipinski definition) is 0. The third-order valence-electron chi connectivity index (χ3n) is 6.45. The highest BCUT2D eigenvalue weighted by atomic mass is 79.9. The SMILES string of the molecule is COCC(=O)OCC1CCN(c2cc(C)nc3c2c(C)cn3-c2c(C)cc(Br)cc2C)CC1. The van der Waals surface area contributed by atoms with Gasteiger partial charge in [0, 0.05) is 47.6 Å². The van der Waals surface area contributed by atoms with E-state index in [1.54, 1.807) is 0 Å². The Kier molecular flexibility index (Phi) is 7.10. The molecule has 0 amide bonds. The maximum atomic E-state index is 11.6. The molecule has 2 aromatic heterocycles. The minimum absolute atomic E-state index is 0.0146. The lowest BCUT2D eigenvalue weighted by Gasteiger charge is -2.34. The molecule has 4 rings (SSSR count). The van der Waals surface area contributed by atoms with Crippen molar-refractivity contribution in [2.75, 3.05) is 38.3 Å². The Morgan fingerprint density at radius 3 is 2.39 bits per heavy atom. The zero-order chi connectivity index (χ0) is 23.7. The van der Waals surface area contributed by atoms with Gasteiger partial charge in [-0.15, -0.1) is 0 Å². The van der Waals surface area contributed by atoms with Crippen LogP contribution in [0.5, 0.6) is 0 Å². The van der Waals surface area contributed by atoms with Crippen LogP contribution in [0.25, 0.3) is 16.7 Å². The minimum Gasteiger partial charge on any atom is -0.464 e. The van der Waals surface area contributed by atoms with E-state index in [2.05, 4.69) is 77.5 Å². The molecule has 0 N–H and O–H groups in total. The summed E-state index contributed by atoms with van der Waals surface area (Å²) >= 11 is 3.62. The highest BCUT2D eigenvalue weighted by Crippen LogP contribution is 2.36. The maximum absolute atomic E-state index is 11.6. The first-order valence-corrected chi connectivity index (χ1v) is 12.2. The summed E-state index contributed by atoms with van der Waals surface area (Å²) in [5, 5.41) is 1.22. The van der Waals surface area contributed by atoms with Crippen molar-refractivity contribution in [3.63, 3.8) is 0 Å². The van der Waals surface area contributed by atoms with Crippen LogP contribution < -0.4 is 4.90 Å². The van der Waals surface area contributed by atoms with Crippen molar-refractivity contribution in [1.82, 2.24) is 9.55 Å². The van der Waals surface area contributed by atoms with Crippen LogP contribution in [0.2, 0.25) is 0 Å². The number of esters is 1. The monoisotopic (exact) mass is 513 g/mol. The lowest BCUT2D eigenvalue weighted by atomic mass is 9.97. The van der Waals surface area contributed by atoms with Crippen molar-refractivity contribution in [3.05, 3.63) is 51.3 Å². The normalized spacial score (nSPS) is 14.8. The van der Waals surface area contributed by atoms with Gasteiger partial charge in [-0.25, -0.2) is 9.78 Å². The fraction of sp³-hybridized carbons (Fsp3) is 0.462. The van der Waals surface area contributed by atoms with Gasteiger partial charge < -0.3 is 18.9 Å². The second-order valence-electron chi connectivity index (χ2n) is 9.10. The summed E-state index contributed by atoms with van der Waals surface area (Å²) in [5.41, 5.74) is 8.12. The Labute approximate surface area is 204 Å². The zero-order valence-electron chi connectivity index (χ0n) is 20.1. The third-order valence-corrected chi connectivity index (χ3v) is 6.90. The van der Waals surface area contributed by atoms with E-state index in [1.807, 2.05) is 0 Å². The molecule has 1 aliphatic heterocycles. The molecule has 0 unspecified atom stereocenters. The summed E-state index contributed by atoms with van der Waals surface area (Å²) in [6, 6.07) is 6.52. The lowest BCUT2D eigenvalue weighted by Crippen LogP contribution is -2.35. The predicted octanol–water partition coefficient (Wildman–Crippen LogP) is 5.43. The van der Waals surface area contributed by atoms with Gasteiger partial charge in [0.05, 0.1) is 12.3 Å². The molecule has 3 aromatic rings. The Balaban J connectivity index is 1.63. The Morgan fingerprint density at radius 1 is 1.09 bits per heavy atom. The van der Waals surface area contributed by atoms with Crippen LogP contribution >= 0.6 is 15.9 Å². The summed E-state index contributed by atoms with van der Waals surface area (Å²) in [7, 11) is 1.51. The number of carbonyl (C=O) groups excluding carboxylic acids is 1.